The van der Waals surface area contributed by atoms with Crippen LogP contribution in [0.15, 0.2) is 48.5 Å². The normalized spacial score (nSPS) is 24.9. The molecule has 6 atom stereocenters. The van der Waals surface area contributed by atoms with Gasteiger partial charge in [-0.15, -0.1) is 5.10 Å². The molecular weight excluding hydrogens is 927 g/mol. The van der Waals surface area contributed by atoms with Crippen molar-refractivity contribution in [3.8, 4) is 22.5 Å². The lowest BCUT2D eigenvalue weighted by Gasteiger charge is -2.34. The van der Waals surface area contributed by atoms with Gasteiger partial charge in [-0.2, -0.15) is 0 Å². The number of aliphatic hydroxyl groups is 3. The van der Waals surface area contributed by atoms with Gasteiger partial charge in [0.05, 0.1) is 67.4 Å². The number of alkyl halides is 1. The summed E-state index contributed by atoms with van der Waals surface area (Å²) in [7, 11) is 0. The van der Waals surface area contributed by atoms with Crippen LogP contribution in [-0.2, 0) is 56.3 Å². The molecule has 0 radical (unpaired) electrons. The number of nitrogens with one attached hydrogen (secondary N) is 2. The van der Waals surface area contributed by atoms with E-state index in [9.17, 15) is 39.3 Å². The van der Waals surface area contributed by atoms with E-state index in [2.05, 4.69) is 43.5 Å². The number of fused-ring (bicyclic) bond motifs is 9. The van der Waals surface area contributed by atoms with E-state index in [0.717, 1.165) is 11.1 Å². The summed E-state index contributed by atoms with van der Waals surface area (Å²) in [6.45, 7) is 2.28. The van der Waals surface area contributed by atoms with Gasteiger partial charge < -0.3 is 35.6 Å². The third-order valence-corrected chi connectivity index (χ3v) is 11.7. The highest BCUT2D eigenvalue weighted by Gasteiger charge is 2.37. The quantitative estimate of drug-likeness (QED) is 0.0823. The molecule has 2 bridgehead atoms. The van der Waals surface area contributed by atoms with Gasteiger partial charge in [-0.3, -0.25) is 38.8 Å². The van der Waals surface area contributed by atoms with E-state index in [-0.39, 0.29) is 75.9 Å². The van der Waals surface area contributed by atoms with Crippen LogP contribution in [0, 0.1) is 0 Å². The summed E-state index contributed by atoms with van der Waals surface area (Å²) >= 11 is 2.15. The molecule has 7 rings (SSSR count). The number of rotatable bonds is 11. The minimum atomic E-state index is -1.57. The number of carbonyl (C=O) groups is 5. The first-order valence-electron chi connectivity index (χ1n) is 20.2. The van der Waals surface area contributed by atoms with E-state index in [4.69, 9.17) is 19.2 Å². The highest BCUT2D eigenvalue weighted by atomic mass is 127. The number of hydrogen-bond acceptors (Lipinski definition) is 19. The minimum Gasteiger partial charge on any atom is -0.390 e. The third kappa shape index (κ3) is 11.5. The molecule has 23 heteroatoms. The van der Waals surface area contributed by atoms with Crippen molar-refractivity contribution in [3.05, 3.63) is 54.1 Å². The van der Waals surface area contributed by atoms with Crippen molar-refractivity contribution in [2.75, 3.05) is 81.4 Å². The second kappa shape index (κ2) is 21.1. The summed E-state index contributed by atoms with van der Waals surface area (Å²) in [5, 5.41) is 45.5. The lowest BCUT2D eigenvalue weighted by atomic mass is 9.95. The molecule has 3 saturated heterocycles. The number of para-hydroxylation sites is 1. The molecule has 2 aromatic carbocycles. The van der Waals surface area contributed by atoms with Crippen molar-refractivity contribution in [1.82, 2.24) is 45.7 Å². The van der Waals surface area contributed by atoms with Gasteiger partial charge in [0.15, 0.2) is 6.29 Å². The third-order valence-electron chi connectivity index (χ3n) is 10.8. The fraction of sp³-hybridized carbons (Fsp3) is 0.513. The summed E-state index contributed by atoms with van der Waals surface area (Å²) in [6.07, 6.45) is -4.83. The van der Waals surface area contributed by atoms with Crippen LogP contribution >= 0.6 is 22.6 Å². The van der Waals surface area contributed by atoms with Gasteiger partial charge in [0, 0.05) is 69.8 Å². The molecule has 62 heavy (non-hydrogen) atoms. The van der Waals surface area contributed by atoms with E-state index < -0.39 is 42.5 Å². The zero-order valence-electron chi connectivity index (χ0n) is 33.7. The molecule has 4 aliphatic rings. The molecule has 22 nitrogen and oxygen atoms in total. The number of ether oxygens (including phenoxy) is 1. The molecular formula is C39H49IN10O12. The first-order chi connectivity index (χ1) is 29.9. The molecule has 2 amide bonds. The van der Waals surface area contributed by atoms with Crippen LogP contribution in [0.3, 0.4) is 0 Å². The fourth-order valence-electron chi connectivity index (χ4n) is 7.59. The van der Waals surface area contributed by atoms with Crippen LogP contribution in [-0.4, -0.2) is 181 Å². The molecule has 1 aromatic heterocycles. The highest BCUT2D eigenvalue weighted by Crippen LogP contribution is 2.41. The van der Waals surface area contributed by atoms with Crippen LogP contribution < -0.4 is 15.5 Å². The molecule has 5 heterocycles. The monoisotopic (exact) mass is 976 g/mol. The maximum Gasteiger partial charge on any atom is 0.346 e. The largest absolute Gasteiger partial charge is 0.390 e. The molecule has 2 unspecified atom stereocenters. The topological polar surface area (TPSA) is 254 Å². The summed E-state index contributed by atoms with van der Waals surface area (Å²) in [4.78, 5) is 86.9. The molecule has 5 N–H and O–H groups in total. The van der Waals surface area contributed by atoms with E-state index in [1.54, 1.807) is 9.58 Å². The second-order valence-electron chi connectivity index (χ2n) is 15.2. The van der Waals surface area contributed by atoms with Crippen molar-refractivity contribution in [2.24, 2.45) is 0 Å². The van der Waals surface area contributed by atoms with Gasteiger partial charge in [-0.25, -0.2) is 19.1 Å². The standard InChI is InChI=1S/C39H49IN10O12/c40-24-47(16-15-46-14-13-45-12-11-41-18-33(54)60-50(61-34(55)22-45)62-35(56)23-46)21-31(52)42-10-9-32(53)48-19-25-5-1-2-6-27(25)36-37(28-7-3-4-8-29(28)48)49(44-43-36)20-26-17-30(51)38(57)39(58)59-26/h1-8,26,30,38-39,41,51,57-58H,9-24H2,(H,42,52)/t26-,30-,38+,39?/m0/s1. The van der Waals surface area contributed by atoms with Crippen molar-refractivity contribution in [2.45, 2.75) is 50.5 Å². The maximum atomic E-state index is 14.2. The van der Waals surface area contributed by atoms with Crippen molar-refractivity contribution < 1.29 is 58.5 Å². The highest BCUT2D eigenvalue weighted by molar-refractivity contribution is 14.1. The Morgan fingerprint density at radius 1 is 0.919 bits per heavy atom. The smallest absolute Gasteiger partial charge is 0.346 e. The first kappa shape index (κ1) is 45.3. The summed E-state index contributed by atoms with van der Waals surface area (Å²) in [5.41, 5.74) is 4.07. The number of hydrogen-bond donors (Lipinski definition) is 5. The molecule has 3 fully saturated rings. The van der Waals surface area contributed by atoms with E-state index >= 15 is 0 Å². The van der Waals surface area contributed by atoms with Crippen LogP contribution in [0.25, 0.3) is 22.5 Å². The first-order valence-corrected chi connectivity index (χ1v) is 21.7. The van der Waals surface area contributed by atoms with E-state index in [0.29, 0.717) is 66.5 Å². The van der Waals surface area contributed by atoms with Gasteiger partial charge in [0.25, 0.3) is 0 Å². The Hall–Kier alpha value is -4.70. The van der Waals surface area contributed by atoms with Crippen LogP contribution in [0.4, 0.5) is 5.69 Å². The summed E-state index contributed by atoms with van der Waals surface area (Å²) in [5.74, 6) is -2.93. The lowest BCUT2D eigenvalue weighted by Crippen LogP contribution is -2.49. The fourth-order valence-corrected chi connectivity index (χ4v) is 8.17. The van der Waals surface area contributed by atoms with Crippen LogP contribution in [0.5, 0.6) is 0 Å². The lowest BCUT2D eigenvalue weighted by molar-refractivity contribution is -0.463. The number of amides is 2. The van der Waals surface area contributed by atoms with E-state index in [1.807, 2.05) is 63.2 Å². The zero-order chi connectivity index (χ0) is 43.8. The molecule has 0 aliphatic carbocycles. The Morgan fingerprint density at radius 3 is 2.45 bits per heavy atom. The van der Waals surface area contributed by atoms with E-state index in [1.165, 1.54) is 0 Å². The van der Waals surface area contributed by atoms with Crippen LogP contribution in [0.2, 0.25) is 0 Å². The molecule has 0 saturated carbocycles. The number of aromatic nitrogens is 3. The number of halogens is 1. The SMILES string of the molecule is O=C(CN(CI)CCN1CCN2CCNCC(=O)O[N@@](OC(=O)C2)OC(=O)C1)NCCC(=O)N1Cc2ccccc2-c2nnn(C[C@@H]3C[C@H](O)[C@@H](O)C(O)O3)c2-c2ccccc21. The molecule has 4 aliphatic heterocycles. The summed E-state index contributed by atoms with van der Waals surface area (Å²) < 4.78 is 7.71. The Balaban J connectivity index is 0.979. The maximum absolute atomic E-state index is 14.2. The number of benzene rings is 2. The average Bonchev–Trinajstić information content (AvgIpc) is 3.63. The Labute approximate surface area is 369 Å². The Morgan fingerprint density at radius 2 is 1.66 bits per heavy atom. The van der Waals surface area contributed by atoms with Gasteiger partial charge in [-0.1, -0.05) is 70.3 Å². The Bertz CT molecular complexity index is 2080. The number of aliphatic hydroxyl groups excluding tert-OH is 3. The number of anilines is 1. The molecule has 334 valence electrons. The van der Waals surface area contributed by atoms with Gasteiger partial charge in [0.1, 0.15) is 11.8 Å². The zero-order valence-corrected chi connectivity index (χ0v) is 35.9. The molecule has 3 aromatic rings. The predicted molar refractivity (Wildman–Crippen MR) is 224 cm³/mol. The van der Waals surface area contributed by atoms with Gasteiger partial charge in [0.2, 0.25) is 17.2 Å². The average molecular weight is 977 g/mol. The number of carbonyl (C=O) groups excluding carboxylic acids is 5. The summed E-state index contributed by atoms with van der Waals surface area (Å²) in [6, 6.07) is 15.0. The predicted octanol–water partition coefficient (Wildman–Crippen LogP) is -1.61. The van der Waals surface area contributed by atoms with Gasteiger partial charge in [-0.05, 0) is 11.6 Å². The van der Waals surface area contributed by atoms with Crippen molar-refractivity contribution in [1.29, 1.82) is 0 Å². The minimum absolute atomic E-state index is 0.00861. The second-order valence-corrected chi connectivity index (χ2v) is 15.9. The number of nitrogens with zero attached hydrogens (tertiary/aromatic N) is 8. The van der Waals surface area contributed by atoms with Crippen molar-refractivity contribution in [3.63, 3.8) is 0 Å². The molecule has 0 spiro atoms. The van der Waals surface area contributed by atoms with Crippen LogP contribution in [0.1, 0.15) is 18.4 Å². The Kier molecular flexibility index (Phi) is 15.4. The van der Waals surface area contributed by atoms with Crippen molar-refractivity contribution >= 4 is 58.0 Å². The van der Waals surface area contributed by atoms with Gasteiger partial charge >= 0.3 is 17.9 Å².